The molecular weight excluding hydrogens is 318 g/mol. The highest BCUT2D eigenvalue weighted by Crippen LogP contribution is 2.28. The van der Waals surface area contributed by atoms with Gasteiger partial charge in [-0.05, 0) is 35.7 Å². The van der Waals surface area contributed by atoms with E-state index in [2.05, 4.69) is 0 Å². The van der Waals surface area contributed by atoms with Gasteiger partial charge in [-0.25, -0.2) is 8.42 Å². The average Bonchev–Trinajstić information content (AvgIpc) is 2.55. The SMILES string of the molecule is Nc1cccc2c1CN(S(=O)(=O)c1ccc([N+](=O)[O-])cc1)CC2. The number of nitrogens with two attached hydrogens (primary N) is 1. The number of sulfonamides is 1. The molecular formula is C15H15N3O4S. The quantitative estimate of drug-likeness (QED) is 0.525. The minimum absolute atomic E-state index is 0.0426. The number of nitrogens with zero attached hydrogens (tertiary/aromatic N) is 2. The first kappa shape index (κ1) is 15.4. The second kappa shape index (κ2) is 5.64. The molecule has 120 valence electrons. The van der Waals surface area contributed by atoms with E-state index in [0.29, 0.717) is 18.7 Å². The zero-order valence-corrected chi connectivity index (χ0v) is 13.0. The number of nitro groups is 1. The maximum absolute atomic E-state index is 12.7. The first-order chi connectivity index (χ1) is 10.9. The Morgan fingerprint density at radius 1 is 1.13 bits per heavy atom. The van der Waals surface area contributed by atoms with Crippen LogP contribution in [-0.2, 0) is 23.0 Å². The van der Waals surface area contributed by atoms with Gasteiger partial charge in [-0.2, -0.15) is 4.31 Å². The molecule has 0 saturated carbocycles. The van der Waals surface area contributed by atoms with Gasteiger partial charge in [0, 0.05) is 30.9 Å². The molecule has 0 fully saturated rings. The molecule has 1 heterocycles. The number of non-ortho nitro benzene ring substituents is 1. The van der Waals surface area contributed by atoms with Gasteiger partial charge in [-0.15, -0.1) is 0 Å². The van der Waals surface area contributed by atoms with Gasteiger partial charge in [0.25, 0.3) is 5.69 Å². The monoisotopic (exact) mass is 333 g/mol. The highest BCUT2D eigenvalue weighted by Gasteiger charge is 2.29. The molecule has 0 radical (unpaired) electrons. The molecule has 2 N–H and O–H groups in total. The van der Waals surface area contributed by atoms with E-state index < -0.39 is 14.9 Å². The van der Waals surface area contributed by atoms with E-state index >= 15 is 0 Å². The summed E-state index contributed by atoms with van der Waals surface area (Å²) in [5.41, 5.74) is 8.25. The van der Waals surface area contributed by atoms with Gasteiger partial charge >= 0.3 is 0 Å². The molecule has 0 atom stereocenters. The van der Waals surface area contributed by atoms with Crippen LogP contribution in [0.5, 0.6) is 0 Å². The smallest absolute Gasteiger partial charge is 0.269 e. The van der Waals surface area contributed by atoms with Crippen molar-refractivity contribution in [1.82, 2.24) is 4.31 Å². The lowest BCUT2D eigenvalue weighted by atomic mass is 10.00. The first-order valence-electron chi connectivity index (χ1n) is 7.00. The molecule has 0 aromatic heterocycles. The third kappa shape index (κ3) is 2.78. The van der Waals surface area contributed by atoms with Gasteiger partial charge in [-0.1, -0.05) is 12.1 Å². The largest absolute Gasteiger partial charge is 0.398 e. The number of benzene rings is 2. The summed E-state index contributed by atoms with van der Waals surface area (Å²) in [6, 6.07) is 10.5. The van der Waals surface area contributed by atoms with Gasteiger partial charge in [0.2, 0.25) is 10.0 Å². The van der Waals surface area contributed by atoms with Gasteiger partial charge < -0.3 is 5.73 Å². The molecule has 2 aromatic rings. The molecule has 0 amide bonds. The fraction of sp³-hybridized carbons (Fsp3) is 0.200. The predicted octanol–water partition coefficient (Wildman–Crippen LogP) is 1.92. The Balaban J connectivity index is 1.92. The van der Waals surface area contributed by atoms with Crippen molar-refractivity contribution >= 4 is 21.4 Å². The van der Waals surface area contributed by atoms with Crippen molar-refractivity contribution < 1.29 is 13.3 Å². The van der Waals surface area contributed by atoms with Crippen LogP contribution < -0.4 is 5.73 Å². The summed E-state index contributed by atoms with van der Waals surface area (Å²) in [4.78, 5) is 10.2. The van der Waals surface area contributed by atoms with Crippen molar-refractivity contribution in [2.24, 2.45) is 0 Å². The van der Waals surface area contributed by atoms with Crippen molar-refractivity contribution in [1.29, 1.82) is 0 Å². The van der Waals surface area contributed by atoms with Crippen molar-refractivity contribution in [3.05, 3.63) is 63.7 Å². The number of nitrogen functional groups attached to an aromatic ring is 1. The summed E-state index contributed by atoms with van der Waals surface area (Å²) >= 11 is 0. The van der Waals surface area contributed by atoms with Crippen LogP contribution in [-0.4, -0.2) is 24.2 Å². The number of fused-ring (bicyclic) bond motifs is 1. The van der Waals surface area contributed by atoms with E-state index in [4.69, 9.17) is 5.73 Å². The number of hydrogen-bond donors (Lipinski definition) is 1. The average molecular weight is 333 g/mol. The minimum atomic E-state index is -3.71. The van der Waals surface area contributed by atoms with Gasteiger partial charge in [-0.3, -0.25) is 10.1 Å². The maximum atomic E-state index is 12.7. The lowest BCUT2D eigenvalue weighted by molar-refractivity contribution is -0.384. The zero-order chi connectivity index (χ0) is 16.6. The lowest BCUT2D eigenvalue weighted by Crippen LogP contribution is -2.36. The number of hydrogen-bond acceptors (Lipinski definition) is 5. The number of rotatable bonds is 3. The molecule has 8 heteroatoms. The summed E-state index contributed by atoms with van der Waals surface area (Å²) in [5, 5.41) is 10.7. The van der Waals surface area contributed by atoms with E-state index in [1.54, 1.807) is 6.07 Å². The van der Waals surface area contributed by atoms with Crippen molar-refractivity contribution in [3.8, 4) is 0 Å². The second-order valence-corrected chi connectivity index (χ2v) is 7.26. The zero-order valence-electron chi connectivity index (χ0n) is 12.2. The molecule has 1 aliphatic rings. The fourth-order valence-electron chi connectivity index (χ4n) is 2.68. The Hall–Kier alpha value is -2.45. The van der Waals surface area contributed by atoms with Crippen LogP contribution in [0, 0.1) is 10.1 Å². The van der Waals surface area contributed by atoms with Crippen molar-refractivity contribution in [2.75, 3.05) is 12.3 Å². The van der Waals surface area contributed by atoms with E-state index in [1.807, 2.05) is 12.1 Å². The molecule has 7 nitrogen and oxygen atoms in total. The first-order valence-corrected chi connectivity index (χ1v) is 8.44. The third-order valence-corrected chi connectivity index (χ3v) is 5.82. The Morgan fingerprint density at radius 3 is 2.48 bits per heavy atom. The van der Waals surface area contributed by atoms with Crippen LogP contribution in [0.2, 0.25) is 0 Å². The highest BCUT2D eigenvalue weighted by atomic mass is 32.2. The molecule has 23 heavy (non-hydrogen) atoms. The Morgan fingerprint density at radius 2 is 1.83 bits per heavy atom. The summed E-state index contributed by atoms with van der Waals surface area (Å²) in [6.07, 6.45) is 0.590. The molecule has 3 rings (SSSR count). The van der Waals surface area contributed by atoms with Crippen LogP contribution in [0.4, 0.5) is 11.4 Å². The topological polar surface area (TPSA) is 107 Å². The van der Waals surface area contributed by atoms with Crippen LogP contribution in [0.3, 0.4) is 0 Å². The predicted molar refractivity (Wildman–Crippen MR) is 85.3 cm³/mol. The van der Waals surface area contributed by atoms with E-state index in [9.17, 15) is 18.5 Å². The van der Waals surface area contributed by atoms with Crippen LogP contribution in [0.15, 0.2) is 47.4 Å². The third-order valence-electron chi connectivity index (χ3n) is 3.96. The Bertz CT molecular complexity index is 863. The number of nitro benzene ring substituents is 1. The molecule has 0 saturated heterocycles. The van der Waals surface area contributed by atoms with Gasteiger partial charge in [0.05, 0.1) is 9.82 Å². The second-order valence-electron chi connectivity index (χ2n) is 5.32. The lowest BCUT2D eigenvalue weighted by Gasteiger charge is -2.28. The Kier molecular flexibility index (Phi) is 3.78. The van der Waals surface area contributed by atoms with Crippen molar-refractivity contribution in [3.63, 3.8) is 0 Å². The molecule has 0 spiro atoms. The summed E-state index contributed by atoms with van der Waals surface area (Å²) < 4.78 is 26.8. The fourth-order valence-corrected chi connectivity index (χ4v) is 4.09. The standard InChI is InChI=1S/C15H15N3O4S/c16-15-3-1-2-11-8-9-17(10-14(11)15)23(21,22)13-6-4-12(5-7-13)18(19)20/h1-7H,8-10,16H2. The summed E-state index contributed by atoms with van der Waals surface area (Å²) in [7, 11) is -3.71. The molecule has 0 bridgehead atoms. The van der Waals surface area contributed by atoms with Gasteiger partial charge in [0.15, 0.2) is 0 Å². The number of anilines is 1. The van der Waals surface area contributed by atoms with Crippen LogP contribution in [0.25, 0.3) is 0 Å². The highest BCUT2D eigenvalue weighted by molar-refractivity contribution is 7.89. The van der Waals surface area contributed by atoms with Gasteiger partial charge in [0.1, 0.15) is 0 Å². The Labute approximate surface area is 133 Å². The van der Waals surface area contributed by atoms with E-state index in [0.717, 1.165) is 11.1 Å². The summed E-state index contributed by atoms with van der Waals surface area (Å²) in [6.45, 7) is 0.567. The van der Waals surface area contributed by atoms with E-state index in [-0.39, 0.29) is 17.1 Å². The maximum Gasteiger partial charge on any atom is 0.269 e. The molecule has 1 aliphatic heterocycles. The normalized spacial score (nSPS) is 15.1. The van der Waals surface area contributed by atoms with Crippen LogP contribution >= 0.6 is 0 Å². The van der Waals surface area contributed by atoms with Crippen molar-refractivity contribution in [2.45, 2.75) is 17.9 Å². The molecule has 0 unspecified atom stereocenters. The minimum Gasteiger partial charge on any atom is -0.398 e. The molecule has 2 aromatic carbocycles. The van der Waals surface area contributed by atoms with E-state index in [1.165, 1.54) is 28.6 Å². The molecule has 0 aliphatic carbocycles. The van der Waals surface area contributed by atoms with Crippen LogP contribution in [0.1, 0.15) is 11.1 Å². The summed E-state index contributed by atoms with van der Waals surface area (Å²) in [5.74, 6) is 0.